The van der Waals surface area contributed by atoms with Crippen LogP contribution in [0.25, 0.3) is 0 Å². The van der Waals surface area contributed by atoms with E-state index < -0.39 is 0 Å². The lowest BCUT2D eigenvalue weighted by Gasteiger charge is -2.17. The van der Waals surface area contributed by atoms with Gasteiger partial charge in [-0.2, -0.15) is 0 Å². The van der Waals surface area contributed by atoms with Gasteiger partial charge in [-0.3, -0.25) is 0 Å². The Kier molecular flexibility index (Phi) is 4.24. The summed E-state index contributed by atoms with van der Waals surface area (Å²) in [5.41, 5.74) is 7.04. The molecule has 1 atom stereocenters. The molecule has 0 spiro atoms. The van der Waals surface area contributed by atoms with Gasteiger partial charge in [0, 0.05) is 23.2 Å². The highest BCUT2D eigenvalue weighted by molar-refractivity contribution is 7.09. The van der Waals surface area contributed by atoms with Gasteiger partial charge in [-0.15, -0.1) is 11.3 Å². The fourth-order valence-corrected chi connectivity index (χ4v) is 2.47. The van der Waals surface area contributed by atoms with E-state index in [1.54, 1.807) is 33.6 Å². The average molecular weight is 280 g/mol. The third-order valence-corrected chi connectivity index (χ3v) is 3.65. The second-order valence-corrected chi connectivity index (χ2v) is 4.72. The fourth-order valence-electron chi connectivity index (χ4n) is 1.82. The van der Waals surface area contributed by atoms with E-state index in [2.05, 4.69) is 4.98 Å². The van der Waals surface area contributed by atoms with E-state index in [0.29, 0.717) is 17.2 Å². The Morgan fingerprint density at radius 3 is 2.21 bits per heavy atom. The van der Waals surface area contributed by atoms with Crippen LogP contribution in [0.3, 0.4) is 0 Å². The third-order valence-electron chi connectivity index (χ3n) is 2.79. The number of ether oxygens (including phenoxy) is 3. The summed E-state index contributed by atoms with van der Waals surface area (Å²) in [6.07, 6.45) is 1.73. The van der Waals surface area contributed by atoms with Crippen molar-refractivity contribution in [2.45, 2.75) is 6.04 Å². The van der Waals surface area contributed by atoms with Crippen molar-refractivity contribution in [1.29, 1.82) is 0 Å². The molecule has 0 aliphatic carbocycles. The fraction of sp³-hybridized carbons (Fsp3) is 0.308. The minimum Gasteiger partial charge on any atom is -0.496 e. The number of hydrogen-bond donors (Lipinski definition) is 1. The van der Waals surface area contributed by atoms with E-state index in [1.165, 1.54) is 11.3 Å². The Morgan fingerprint density at radius 2 is 1.68 bits per heavy atom. The Hall–Kier alpha value is -1.79. The lowest BCUT2D eigenvalue weighted by atomic mass is 10.1. The third kappa shape index (κ3) is 2.64. The van der Waals surface area contributed by atoms with E-state index in [-0.39, 0.29) is 6.04 Å². The molecule has 1 aromatic carbocycles. The van der Waals surface area contributed by atoms with Gasteiger partial charge in [0.15, 0.2) is 11.5 Å². The van der Waals surface area contributed by atoms with Crippen molar-refractivity contribution in [1.82, 2.24) is 4.98 Å². The zero-order chi connectivity index (χ0) is 13.8. The molecule has 2 aromatic rings. The number of aromatic nitrogens is 1. The van der Waals surface area contributed by atoms with Gasteiger partial charge in [-0.25, -0.2) is 4.98 Å². The summed E-state index contributed by atoms with van der Waals surface area (Å²) >= 11 is 1.50. The van der Waals surface area contributed by atoms with Crippen LogP contribution in [0.2, 0.25) is 0 Å². The number of benzene rings is 1. The first kappa shape index (κ1) is 13.6. The standard InChI is InChI=1S/C13H16N2O3S/c1-16-9-7-11(18-3)10(17-2)6-8(9)12(14)13-15-4-5-19-13/h4-7,12H,14H2,1-3H3. The van der Waals surface area contributed by atoms with Crippen LogP contribution < -0.4 is 19.9 Å². The van der Waals surface area contributed by atoms with E-state index >= 15 is 0 Å². The normalized spacial score (nSPS) is 12.0. The van der Waals surface area contributed by atoms with Gasteiger partial charge in [0.1, 0.15) is 10.8 Å². The first-order valence-corrected chi connectivity index (χ1v) is 6.54. The molecule has 19 heavy (non-hydrogen) atoms. The topological polar surface area (TPSA) is 66.6 Å². The summed E-state index contributed by atoms with van der Waals surface area (Å²) in [4.78, 5) is 4.23. The van der Waals surface area contributed by atoms with Crippen molar-refractivity contribution in [3.63, 3.8) is 0 Å². The van der Waals surface area contributed by atoms with Gasteiger partial charge in [0.2, 0.25) is 0 Å². The van der Waals surface area contributed by atoms with E-state index in [4.69, 9.17) is 19.9 Å². The molecule has 6 heteroatoms. The van der Waals surface area contributed by atoms with Crippen LogP contribution >= 0.6 is 11.3 Å². The van der Waals surface area contributed by atoms with Crippen LogP contribution in [-0.2, 0) is 0 Å². The molecule has 0 bridgehead atoms. The molecule has 0 fully saturated rings. The number of thiazole rings is 1. The second-order valence-electron chi connectivity index (χ2n) is 3.80. The zero-order valence-corrected chi connectivity index (χ0v) is 11.9. The molecule has 0 saturated carbocycles. The Balaban J connectivity index is 2.49. The molecule has 102 valence electrons. The highest BCUT2D eigenvalue weighted by atomic mass is 32.1. The minimum absolute atomic E-state index is 0.352. The number of rotatable bonds is 5. The maximum Gasteiger partial charge on any atom is 0.164 e. The van der Waals surface area contributed by atoms with Gasteiger partial charge in [-0.1, -0.05) is 0 Å². The minimum atomic E-state index is -0.352. The zero-order valence-electron chi connectivity index (χ0n) is 11.0. The van der Waals surface area contributed by atoms with Crippen LogP contribution in [0, 0.1) is 0 Å². The van der Waals surface area contributed by atoms with Crippen LogP contribution in [-0.4, -0.2) is 26.3 Å². The molecule has 1 aromatic heterocycles. The van der Waals surface area contributed by atoms with Gasteiger partial charge < -0.3 is 19.9 Å². The van der Waals surface area contributed by atoms with Crippen LogP contribution in [0.1, 0.15) is 16.6 Å². The molecular weight excluding hydrogens is 264 g/mol. The lowest BCUT2D eigenvalue weighted by molar-refractivity contribution is 0.347. The monoisotopic (exact) mass is 280 g/mol. The van der Waals surface area contributed by atoms with Gasteiger partial charge in [0.25, 0.3) is 0 Å². The maximum atomic E-state index is 6.22. The number of hydrogen-bond acceptors (Lipinski definition) is 6. The van der Waals surface area contributed by atoms with Gasteiger partial charge >= 0.3 is 0 Å². The quantitative estimate of drug-likeness (QED) is 0.909. The highest BCUT2D eigenvalue weighted by Gasteiger charge is 2.20. The molecule has 0 radical (unpaired) electrons. The summed E-state index contributed by atoms with van der Waals surface area (Å²) in [6, 6.07) is 3.24. The molecule has 2 N–H and O–H groups in total. The van der Waals surface area contributed by atoms with Crippen molar-refractivity contribution in [3.8, 4) is 17.2 Å². The number of nitrogens with two attached hydrogens (primary N) is 1. The highest BCUT2D eigenvalue weighted by Crippen LogP contribution is 2.38. The smallest absolute Gasteiger partial charge is 0.164 e. The van der Waals surface area contributed by atoms with Crippen LogP contribution in [0.15, 0.2) is 23.7 Å². The first-order valence-electron chi connectivity index (χ1n) is 5.66. The molecule has 0 aliphatic rings. The summed E-state index contributed by atoms with van der Waals surface area (Å²) in [6.45, 7) is 0. The Bertz CT molecular complexity index is 543. The second kappa shape index (κ2) is 5.90. The van der Waals surface area contributed by atoms with Crippen molar-refractivity contribution in [2.24, 2.45) is 5.73 Å². The maximum absolute atomic E-state index is 6.22. The van der Waals surface area contributed by atoms with Gasteiger partial charge in [-0.05, 0) is 6.07 Å². The number of methoxy groups -OCH3 is 3. The summed E-state index contributed by atoms with van der Waals surface area (Å²) in [5.74, 6) is 1.88. The molecule has 1 heterocycles. The molecule has 0 saturated heterocycles. The van der Waals surface area contributed by atoms with Crippen molar-refractivity contribution in [3.05, 3.63) is 34.3 Å². The van der Waals surface area contributed by atoms with Gasteiger partial charge in [0.05, 0.1) is 27.4 Å². The largest absolute Gasteiger partial charge is 0.496 e. The molecular formula is C13H16N2O3S. The van der Waals surface area contributed by atoms with E-state index in [1.807, 2.05) is 11.4 Å². The predicted molar refractivity (Wildman–Crippen MR) is 74.2 cm³/mol. The number of nitrogens with zero attached hydrogens (tertiary/aromatic N) is 1. The lowest BCUT2D eigenvalue weighted by Crippen LogP contribution is -2.13. The summed E-state index contributed by atoms with van der Waals surface area (Å²) in [7, 11) is 4.76. The average Bonchev–Trinajstić information content (AvgIpc) is 2.99. The Morgan fingerprint density at radius 1 is 1.05 bits per heavy atom. The molecule has 0 amide bonds. The molecule has 0 aliphatic heterocycles. The molecule has 5 nitrogen and oxygen atoms in total. The molecule has 2 rings (SSSR count). The van der Waals surface area contributed by atoms with Crippen molar-refractivity contribution in [2.75, 3.05) is 21.3 Å². The SMILES string of the molecule is COc1cc(OC)c(C(N)c2nccs2)cc1OC. The van der Waals surface area contributed by atoms with Crippen molar-refractivity contribution >= 4 is 11.3 Å². The predicted octanol–water partition coefficient (Wildman–Crippen LogP) is 2.22. The van der Waals surface area contributed by atoms with E-state index in [9.17, 15) is 0 Å². The molecule has 1 unspecified atom stereocenters. The van der Waals surface area contributed by atoms with Crippen LogP contribution in [0.4, 0.5) is 0 Å². The van der Waals surface area contributed by atoms with Crippen LogP contribution in [0.5, 0.6) is 17.2 Å². The first-order chi connectivity index (χ1) is 9.21. The van der Waals surface area contributed by atoms with E-state index in [0.717, 1.165) is 10.6 Å². The van der Waals surface area contributed by atoms with Crippen molar-refractivity contribution < 1.29 is 14.2 Å². The summed E-state index contributed by atoms with van der Waals surface area (Å²) in [5, 5.41) is 2.72. The summed E-state index contributed by atoms with van der Waals surface area (Å²) < 4.78 is 15.9. The Labute approximate surface area is 115 Å².